The first-order valence-corrected chi connectivity index (χ1v) is 13.7. The number of carbonyl (C=O) groups excluding carboxylic acids is 4. The van der Waals surface area contributed by atoms with E-state index < -0.39 is 60.1 Å². The maximum absolute atomic E-state index is 13.5. The summed E-state index contributed by atoms with van der Waals surface area (Å²) in [4.78, 5) is 51.5. The Morgan fingerprint density at radius 1 is 1.02 bits per heavy atom. The predicted molar refractivity (Wildman–Crippen MR) is 141 cm³/mol. The number of rotatable bonds is 14. The molecule has 5 atom stereocenters. The minimum absolute atomic E-state index is 0.0231. The number of epoxide rings is 1. The zero-order chi connectivity index (χ0) is 30.4. The van der Waals surface area contributed by atoms with Gasteiger partial charge in [0, 0.05) is 6.42 Å². The third kappa shape index (κ3) is 9.42. The summed E-state index contributed by atoms with van der Waals surface area (Å²) in [5.74, 6) is -2.01. The largest absolute Gasteiger partial charge is 0.497 e. The number of ketones is 1. The number of nitrogens with one attached hydrogen (secondary N) is 3. The Hall–Kier alpha value is -3.19. The van der Waals surface area contributed by atoms with E-state index >= 15 is 0 Å². The summed E-state index contributed by atoms with van der Waals surface area (Å²) in [5.41, 5.74) is -2.62. The van der Waals surface area contributed by atoms with Gasteiger partial charge in [-0.05, 0) is 43.9 Å². The summed E-state index contributed by atoms with van der Waals surface area (Å²) in [7, 11) is 1.50. The molecule has 1 aromatic carbocycles. The van der Waals surface area contributed by atoms with Gasteiger partial charge in [0.2, 0.25) is 17.7 Å². The minimum atomic E-state index is -5.05. The Balaban J connectivity index is 1.72. The molecule has 1 aliphatic carbocycles. The number of benzene rings is 1. The second-order valence-electron chi connectivity index (χ2n) is 11.0. The van der Waals surface area contributed by atoms with Crippen molar-refractivity contribution in [2.45, 2.75) is 94.8 Å². The first-order chi connectivity index (χ1) is 19.2. The Morgan fingerprint density at radius 2 is 1.61 bits per heavy atom. The van der Waals surface area contributed by atoms with Gasteiger partial charge in [-0.1, -0.05) is 37.8 Å². The summed E-state index contributed by atoms with van der Waals surface area (Å²) in [6, 6.07) is 3.47. The van der Waals surface area contributed by atoms with E-state index in [-0.39, 0.29) is 18.1 Å². The molecule has 2 aliphatic rings. The molecule has 1 saturated heterocycles. The molecule has 13 heteroatoms. The van der Waals surface area contributed by atoms with Crippen LogP contribution in [0, 0.1) is 5.92 Å². The lowest BCUT2D eigenvalue weighted by molar-refractivity contribution is -0.253. The third-order valence-electron chi connectivity index (χ3n) is 7.47. The quantitative estimate of drug-likeness (QED) is 0.244. The third-order valence-corrected chi connectivity index (χ3v) is 7.47. The summed E-state index contributed by atoms with van der Waals surface area (Å²) >= 11 is 0. The van der Waals surface area contributed by atoms with Crippen LogP contribution in [0.25, 0.3) is 0 Å². The molecule has 0 radical (unpaired) electrons. The van der Waals surface area contributed by atoms with E-state index in [1.165, 1.54) is 14.0 Å². The predicted octanol–water partition coefficient (Wildman–Crippen LogP) is 1.96. The van der Waals surface area contributed by atoms with Crippen molar-refractivity contribution in [1.29, 1.82) is 0 Å². The molecule has 41 heavy (non-hydrogen) atoms. The molecule has 1 aliphatic heterocycles. The van der Waals surface area contributed by atoms with Gasteiger partial charge in [0.25, 0.3) is 0 Å². The number of aliphatic hydroxyl groups is 1. The van der Waals surface area contributed by atoms with Gasteiger partial charge in [0.05, 0.1) is 26.2 Å². The number of Topliss-reactive ketones (excluding diaryl/α,β-unsaturated/α-hetero) is 1. The van der Waals surface area contributed by atoms with Gasteiger partial charge in [-0.15, -0.1) is 0 Å². The van der Waals surface area contributed by atoms with Crippen LogP contribution in [0.2, 0.25) is 0 Å². The summed E-state index contributed by atoms with van der Waals surface area (Å²) < 4.78 is 49.2. The SMILES string of the molecule is COc1ccc(CC(NC(=O)C(C)NC(=O)CC(C)(O)C(F)(F)F)C(=O)NC(CC2CCCC2)C(=O)C2CO2)cc1. The molecule has 5 unspecified atom stereocenters. The Kier molecular flexibility index (Phi) is 10.8. The van der Waals surface area contributed by atoms with Crippen molar-refractivity contribution >= 4 is 23.5 Å². The van der Waals surface area contributed by atoms with Crippen molar-refractivity contribution in [3.63, 3.8) is 0 Å². The van der Waals surface area contributed by atoms with Crippen LogP contribution in [0.1, 0.15) is 57.9 Å². The van der Waals surface area contributed by atoms with Crippen LogP contribution in [0.15, 0.2) is 24.3 Å². The van der Waals surface area contributed by atoms with E-state index in [2.05, 4.69) is 16.0 Å². The summed E-state index contributed by atoms with van der Waals surface area (Å²) in [5, 5.41) is 17.1. The van der Waals surface area contributed by atoms with Crippen LogP contribution in [0.5, 0.6) is 5.75 Å². The fraction of sp³-hybridized carbons (Fsp3) is 0.643. The fourth-order valence-electron chi connectivity index (χ4n) is 4.81. The fourth-order valence-corrected chi connectivity index (χ4v) is 4.81. The van der Waals surface area contributed by atoms with Crippen LogP contribution in [0.3, 0.4) is 0 Å². The van der Waals surface area contributed by atoms with Crippen molar-refractivity contribution < 1.29 is 46.9 Å². The van der Waals surface area contributed by atoms with E-state index in [0.29, 0.717) is 31.3 Å². The van der Waals surface area contributed by atoms with Gasteiger partial charge in [-0.3, -0.25) is 19.2 Å². The molecule has 228 valence electrons. The monoisotopic (exact) mass is 585 g/mol. The van der Waals surface area contributed by atoms with Gasteiger partial charge < -0.3 is 30.5 Å². The standard InChI is InChI=1S/C28H38F3N3O7/c1-16(32-23(35)14-27(2,39)28(29,30)31)25(37)34-21(13-18-8-10-19(40-3)11-9-18)26(38)33-20(24(36)22-15-41-22)12-17-6-4-5-7-17/h8-11,16-17,20-22,39H,4-7,12-15H2,1-3H3,(H,32,35)(H,33,38)(H,34,37). The first kappa shape index (κ1) is 32.3. The molecule has 1 heterocycles. The van der Waals surface area contributed by atoms with Crippen LogP contribution in [-0.4, -0.2) is 78.3 Å². The molecule has 10 nitrogen and oxygen atoms in total. The topological polar surface area (TPSA) is 146 Å². The van der Waals surface area contributed by atoms with E-state index in [9.17, 15) is 37.5 Å². The molecule has 1 saturated carbocycles. The Morgan fingerprint density at radius 3 is 2.15 bits per heavy atom. The zero-order valence-electron chi connectivity index (χ0n) is 23.4. The van der Waals surface area contributed by atoms with Gasteiger partial charge in [0.1, 0.15) is 23.9 Å². The summed E-state index contributed by atoms with van der Waals surface area (Å²) in [6.07, 6.45) is -2.43. The molecular formula is C28H38F3N3O7. The van der Waals surface area contributed by atoms with E-state index in [4.69, 9.17) is 9.47 Å². The lowest BCUT2D eigenvalue weighted by Crippen LogP contribution is -2.57. The van der Waals surface area contributed by atoms with E-state index in [1.54, 1.807) is 24.3 Å². The van der Waals surface area contributed by atoms with Crippen LogP contribution < -0.4 is 20.7 Å². The molecule has 4 N–H and O–H groups in total. The Labute approximate surface area is 236 Å². The van der Waals surface area contributed by atoms with Crippen molar-refractivity contribution in [3.8, 4) is 5.75 Å². The van der Waals surface area contributed by atoms with Gasteiger partial charge in [-0.2, -0.15) is 13.2 Å². The average Bonchev–Trinajstić information content (AvgIpc) is 3.62. The molecule has 0 spiro atoms. The molecule has 2 fully saturated rings. The normalized spacial score (nSPS) is 20.7. The molecule has 0 aromatic heterocycles. The lowest BCUT2D eigenvalue weighted by Gasteiger charge is -2.27. The number of hydrogen-bond donors (Lipinski definition) is 4. The first-order valence-electron chi connectivity index (χ1n) is 13.7. The number of hydrogen-bond acceptors (Lipinski definition) is 7. The van der Waals surface area contributed by atoms with Crippen molar-refractivity contribution in [3.05, 3.63) is 29.8 Å². The highest BCUT2D eigenvalue weighted by Gasteiger charge is 2.51. The molecule has 3 amide bonds. The lowest BCUT2D eigenvalue weighted by atomic mass is 9.94. The van der Waals surface area contributed by atoms with Crippen molar-refractivity contribution in [2.75, 3.05) is 13.7 Å². The van der Waals surface area contributed by atoms with E-state index in [0.717, 1.165) is 25.7 Å². The van der Waals surface area contributed by atoms with Crippen LogP contribution >= 0.6 is 0 Å². The van der Waals surface area contributed by atoms with Gasteiger partial charge in [-0.25, -0.2) is 0 Å². The Bertz CT molecular complexity index is 1080. The van der Waals surface area contributed by atoms with Crippen molar-refractivity contribution in [2.24, 2.45) is 5.92 Å². The number of halogens is 3. The molecule has 3 rings (SSSR count). The highest BCUT2D eigenvalue weighted by Crippen LogP contribution is 2.32. The number of ether oxygens (including phenoxy) is 2. The average molecular weight is 586 g/mol. The highest BCUT2D eigenvalue weighted by molar-refractivity contribution is 5.96. The van der Waals surface area contributed by atoms with Crippen LogP contribution in [0.4, 0.5) is 13.2 Å². The maximum atomic E-state index is 13.5. The number of amides is 3. The minimum Gasteiger partial charge on any atom is -0.497 e. The number of carbonyl (C=O) groups is 4. The summed E-state index contributed by atoms with van der Waals surface area (Å²) in [6.45, 7) is 2.00. The zero-order valence-corrected chi connectivity index (χ0v) is 23.4. The highest BCUT2D eigenvalue weighted by atomic mass is 19.4. The second kappa shape index (κ2) is 13.6. The van der Waals surface area contributed by atoms with Gasteiger partial charge in [0.15, 0.2) is 11.4 Å². The molecule has 1 aromatic rings. The van der Waals surface area contributed by atoms with E-state index in [1.807, 2.05) is 0 Å². The molecular weight excluding hydrogens is 547 g/mol. The maximum Gasteiger partial charge on any atom is 0.417 e. The smallest absolute Gasteiger partial charge is 0.417 e. The number of methoxy groups -OCH3 is 1. The van der Waals surface area contributed by atoms with Crippen LogP contribution in [-0.2, 0) is 30.3 Å². The van der Waals surface area contributed by atoms with Gasteiger partial charge >= 0.3 is 6.18 Å². The number of alkyl halides is 3. The second-order valence-corrected chi connectivity index (χ2v) is 11.0. The van der Waals surface area contributed by atoms with Crippen molar-refractivity contribution in [1.82, 2.24) is 16.0 Å². The molecule has 0 bridgehead atoms.